The zero-order valence-electron chi connectivity index (χ0n) is 11.8. The van der Waals surface area contributed by atoms with Crippen LogP contribution in [0.2, 0.25) is 0 Å². The minimum atomic E-state index is -0.102. The van der Waals surface area contributed by atoms with Crippen LogP contribution in [0.15, 0.2) is 48.8 Å². The summed E-state index contributed by atoms with van der Waals surface area (Å²) in [7, 11) is 0. The molecule has 0 radical (unpaired) electrons. The van der Waals surface area contributed by atoms with E-state index in [0.717, 1.165) is 11.4 Å². The van der Waals surface area contributed by atoms with Gasteiger partial charge in [-0.1, -0.05) is 18.2 Å². The molecule has 0 N–H and O–H groups in total. The normalized spacial score (nSPS) is 13.9. The third kappa shape index (κ3) is 2.16. The van der Waals surface area contributed by atoms with Gasteiger partial charge in [-0.15, -0.1) is 5.10 Å². The fraction of sp³-hybridized carbons (Fsp3) is 0.200. The van der Waals surface area contributed by atoms with Gasteiger partial charge in [-0.3, -0.25) is 9.48 Å². The Kier molecular flexibility index (Phi) is 2.96. The van der Waals surface area contributed by atoms with Crippen molar-refractivity contribution in [2.75, 3.05) is 6.54 Å². The molecule has 0 saturated heterocycles. The van der Waals surface area contributed by atoms with Gasteiger partial charge in [-0.05, 0) is 18.2 Å². The summed E-state index contributed by atoms with van der Waals surface area (Å²) in [6, 6.07) is 11.5. The Labute approximate surface area is 126 Å². The molecule has 0 fully saturated rings. The maximum Gasteiger partial charge on any atom is 0.276 e. The molecule has 0 atom stereocenters. The van der Waals surface area contributed by atoms with Gasteiger partial charge in [-0.25, -0.2) is 0 Å². The molecule has 7 heteroatoms. The first-order chi connectivity index (χ1) is 10.8. The van der Waals surface area contributed by atoms with Gasteiger partial charge < -0.3 is 4.90 Å². The van der Waals surface area contributed by atoms with E-state index < -0.39 is 0 Å². The topological polar surface area (TPSA) is 68.8 Å². The molecule has 110 valence electrons. The van der Waals surface area contributed by atoms with E-state index in [0.29, 0.717) is 25.3 Å². The van der Waals surface area contributed by atoms with Crippen molar-refractivity contribution in [3.63, 3.8) is 0 Å². The molecule has 0 aliphatic carbocycles. The summed E-state index contributed by atoms with van der Waals surface area (Å²) in [5.41, 5.74) is 2.23. The summed E-state index contributed by atoms with van der Waals surface area (Å²) >= 11 is 0. The first kappa shape index (κ1) is 12.8. The van der Waals surface area contributed by atoms with Crippen LogP contribution in [0, 0.1) is 0 Å². The minimum absolute atomic E-state index is 0.102. The standard InChI is InChI=1S/C15H14N6O/c22-15(19-8-9-20-13(11-19)6-7-16-20)14-10-17-21(18-14)12-4-2-1-3-5-12/h1-7,10H,8-9,11H2. The summed E-state index contributed by atoms with van der Waals surface area (Å²) in [4.78, 5) is 15.8. The Hall–Kier alpha value is -2.96. The first-order valence-corrected chi connectivity index (χ1v) is 7.09. The van der Waals surface area contributed by atoms with Crippen molar-refractivity contribution in [2.24, 2.45) is 0 Å². The van der Waals surface area contributed by atoms with E-state index in [-0.39, 0.29) is 5.91 Å². The maximum absolute atomic E-state index is 12.6. The molecule has 0 saturated carbocycles. The maximum atomic E-state index is 12.6. The van der Waals surface area contributed by atoms with E-state index in [9.17, 15) is 4.79 Å². The van der Waals surface area contributed by atoms with Gasteiger partial charge in [0.1, 0.15) is 0 Å². The lowest BCUT2D eigenvalue weighted by Gasteiger charge is -2.26. The van der Waals surface area contributed by atoms with Crippen LogP contribution in [0.1, 0.15) is 16.2 Å². The van der Waals surface area contributed by atoms with E-state index in [4.69, 9.17) is 0 Å². The van der Waals surface area contributed by atoms with Crippen molar-refractivity contribution in [3.8, 4) is 5.69 Å². The van der Waals surface area contributed by atoms with Gasteiger partial charge in [0.05, 0.1) is 30.7 Å². The van der Waals surface area contributed by atoms with Crippen LogP contribution >= 0.6 is 0 Å². The van der Waals surface area contributed by atoms with E-state index in [1.165, 1.54) is 11.0 Å². The number of carbonyl (C=O) groups is 1. The second-order valence-corrected chi connectivity index (χ2v) is 5.13. The Morgan fingerprint density at radius 1 is 1.05 bits per heavy atom. The Bertz CT molecular complexity index is 806. The van der Waals surface area contributed by atoms with Crippen LogP contribution in [0.4, 0.5) is 0 Å². The van der Waals surface area contributed by atoms with Crippen LogP contribution < -0.4 is 0 Å². The highest BCUT2D eigenvalue weighted by Crippen LogP contribution is 2.14. The average molecular weight is 294 g/mol. The van der Waals surface area contributed by atoms with Gasteiger partial charge in [0.15, 0.2) is 5.69 Å². The Morgan fingerprint density at radius 3 is 2.77 bits per heavy atom. The molecule has 0 bridgehead atoms. The molecule has 2 aromatic heterocycles. The summed E-state index contributed by atoms with van der Waals surface area (Å²) in [5, 5.41) is 12.7. The zero-order valence-corrected chi connectivity index (χ0v) is 11.8. The van der Waals surface area contributed by atoms with Crippen LogP contribution in [-0.2, 0) is 13.1 Å². The summed E-state index contributed by atoms with van der Waals surface area (Å²) in [5.74, 6) is -0.102. The molecule has 22 heavy (non-hydrogen) atoms. The number of hydrogen-bond donors (Lipinski definition) is 0. The number of carbonyl (C=O) groups excluding carboxylic acids is 1. The lowest BCUT2D eigenvalue weighted by Crippen LogP contribution is -2.38. The summed E-state index contributed by atoms with van der Waals surface area (Å²) in [6.45, 7) is 1.89. The van der Waals surface area contributed by atoms with Crippen molar-refractivity contribution in [1.29, 1.82) is 0 Å². The lowest BCUT2D eigenvalue weighted by molar-refractivity contribution is 0.0699. The molecule has 3 heterocycles. The van der Waals surface area contributed by atoms with Gasteiger partial charge >= 0.3 is 0 Å². The number of hydrogen-bond acceptors (Lipinski definition) is 4. The second kappa shape index (κ2) is 5.10. The van der Waals surface area contributed by atoms with E-state index in [2.05, 4.69) is 15.3 Å². The minimum Gasteiger partial charge on any atom is -0.329 e. The molecule has 1 amide bonds. The molecule has 3 aromatic rings. The van der Waals surface area contributed by atoms with Crippen LogP contribution in [0.25, 0.3) is 5.69 Å². The van der Waals surface area contributed by atoms with Gasteiger partial charge in [-0.2, -0.15) is 15.0 Å². The number of aromatic nitrogens is 5. The van der Waals surface area contributed by atoms with Gasteiger partial charge in [0.25, 0.3) is 5.91 Å². The molecular formula is C15H14N6O. The zero-order chi connectivity index (χ0) is 14.9. The summed E-state index contributed by atoms with van der Waals surface area (Å²) < 4.78 is 1.92. The third-order valence-electron chi connectivity index (χ3n) is 3.72. The first-order valence-electron chi connectivity index (χ1n) is 7.09. The average Bonchev–Trinajstić information content (AvgIpc) is 3.23. The van der Waals surface area contributed by atoms with Crippen LogP contribution in [-0.4, -0.2) is 42.1 Å². The molecule has 7 nitrogen and oxygen atoms in total. The highest BCUT2D eigenvalue weighted by molar-refractivity contribution is 5.92. The Morgan fingerprint density at radius 2 is 1.91 bits per heavy atom. The summed E-state index contributed by atoms with van der Waals surface area (Å²) in [6.07, 6.45) is 3.27. The number of benzene rings is 1. The molecular weight excluding hydrogens is 280 g/mol. The molecule has 1 aromatic carbocycles. The largest absolute Gasteiger partial charge is 0.329 e. The molecule has 1 aliphatic heterocycles. The highest BCUT2D eigenvalue weighted by Gasteiger charge is 2.24. The number of fused-ring (bicyclic) bond motifs is 1. The Balaban J connectivity index is 1.56. The van der Waals surface area contributed by atoms with E-state index in [1.54, 1.807) is 11.1 Å². The highest BCUT2D eigenvalue weighted by atomic mass is 16.2. The molecule has 0 spiro atoms. The number of nitrogens with zero attached hydrogens (tertiary/aromatic N) is 6. The van der Waals surface area contributed by atoms with Crippen molar-refractivity contribution >= 4 is 5.91 Å². The number of rotatable bonds is 2. The number of para-hydroxylation sites is 1. The van der Waals surface area contributed by atoms with Crippen molar-refractivity contribution in [2.45, 2.75) is 13.1 Å². The van der Waals surface area contributed by atoms with Crippen LogP contribution in [0.5, 0.6) is 0 Å². The molecule has 0 unspecified atom stereocenters. The quantitative estimate of drug-likeness (QED) is 0.710. The van der Waals surface area contributed by atoms with Crippen molar-refractivity contribution < 1.29 is 4.79 Å². The SMILES string of the molecule is O=C(c1cnn(-c2ccccc2)n1)N1CCn2nccc2C1. The van der Waals surface area contributed by atoms with E-state index >= 15 is 0 Å². The fourth-order valence-corrected chi connectivity index (χ4v) is 2.57. The van der Waals surface area contributed by atoms with E-state index in [1.807, 2.05) is 41.1 Å². The molecule has 4 rings (SSSR count). The monoisotopic (exact) mass is 294 g/mol. The predicted octanol–water partition coefficient (Wildman–Crippen LogP) is 1.12. The molecule has 1 aliphatic rings. The number of amides is 1. The van der Waals surface area contributed by atoms with Crippen molar-refractivity contribution in [3.05, 3.63) is 60.2 Å². The lowest BCUT2D eigenvalue weighted by atomic mass is 10.3. The second-order valence-electron chi connectivity index (χ2n) is 5.13. The predicted molar refractivity (Wildman–Crippen MR) is 78.3 cm³/mol. The smallest absolute Gasteiger partial charge is 0.276 e. The van der Waals surface area contributed by atoms with Crippen LogP contribution in [0.3, 0.4) is 0 Å². The fourth-order valence-electron chi connectivity index (χ4n) is 2.57. The van der Waals surface area contributed by atoms with Gasteiger partial charge in [0.2, 0.25) is 0 Å². The third-order valence-corrected chi connectivity index (χ3v) is 3.72. The van der Waals surface area contributed by atoms with Gasteiger partial charge in [0, 0.05) is 12.7 Å². The van der Waals surface area contributed by atoms with Crippen molar-refractivity contribution in [1.82, 2.24) is 29.7 Å².